The number of sulfonamides is 1. The Bertz CT molecular complexity index is 1130. The van der Waals surface area contributed by atoms with Crippen molar-refractivity contribution in [1.82, 2.24) is 4.72 Å². The molecule has 4 rings (SSSR count). The van der Waals surface area contributed by atoms with Gasteiger partial charge >= 0.3 is 6.03 Å². The van der Waals surface area contributed by atoms with Crippen LogP contribution in [0.1, 0.15) is 67.5 Å². The van der Waals surface area contributed by atoms with E-state index in [1.54, 1.807) is 0 Å². The SMILES string of the molecule is CC(c1ccc2c(c1NC(=O)NS(=O)(=O)c1sc(C(C)(C)O)cc1F)CCC2)C1CC1. The average Bonchev–Trinajstić information content (AvgIpc) is 3.24. The van der Waals surface area contributed by atoms with Crippen LogP contribution in [0.15, 0.2) is 22.4 Å². The summed E-state index contributed by atoms with van der Waals surface area (Å²) in [5, 5.41) is 12.8. The molecular weight excluding hydrogens is 439 g/mol. The minimum Gasteiger partial charge on any atom is -0.385 e. The summed E-state index contributed by atoms with van der Waals surface area (Å²) in [6, 6.07) is 4.21. The number of aliphatic hydroxyl groups is 1. The standard InChI is InChI=1S/C22H27FN2O4S2/c1-12(13-7-8-13)15-10-9-14-5-4-6-16(14)19(15)24-21(26)25-31(28,29)20-17(23)11-18(30-20)22(2,3)27/h9-13,27H,4-8H2,1-3H3,(H2,24,25,26). The number of hydrogen-bond acceptors (Lipinski definition) is 5. The maximum Gasteiger partial charge on any atom is 0.333 e. The molecule has 2 aromatic rings. The van der Waals surface area contributed by atoms with E-state index < -0.39 is 31.7 Å². The second-order valence-electron chi connectivity index (χ2n) is 9.01. The van der Waals surface area contributed by atoms with Crippen LogP contribution >= 0.6 is 11.3 Å². The molecule has 2 aliphatic carbocycles. The van der Waals surface area contributed by atoms with Crippen LogP contribution in [0.25, 0.3) is 0 Å². The third-order valence-corrected chi connectivity index (χ3v) is 9.37. The first-order valence-electron chi connectivity index (χ1n) is 10.5. The number of nitrogens with one attached hydrogen (secondary N) is 2. The van der Waals surface area contributed by atoms with E-state index in [1.807, 2.05) is 10.8 Å². The fourth-order valence-corrected chi connectivity index (χ4v) is 6.51. The number of thiophene rings is 1. The summed E-state index contributed by atoms with van der Waals surface area (Å²) in [4.78, 5) is 12.9. The van der Waals surface area contributed by atoms with Gasteiger partial charge in [-0.2, -0.15) is 0 Å². The number of carbonyl (C=O) groups is 1. The first-order chi connectivity index (χ1) is 14.5. The van der Waals surface area contributed by atoms with Gasteiger partial charge < -0.3 is 10.4 Å². The molecule has 3 N–H and O–H groups in total. The number of anilines is 1. The van der Waals surface area contributed by atoms with E-state index in [0.717, 1.165) is 49.3 Å². The molecule has 168 valence electrons. The molecule has 0 spiro atoms. The zero-order valence-corrected chi connectivity index (χ0v) is 19.4. The molecule has 31 heavy (non-hydrogen) atoms. The second kappa shape index (κ2) is 7.86. The molecule has 0 aliphatic heterocycles. The first kappa shape index (κ1) is 22.2. The van der Waals surface area contributed by atoms with Crippen molar-refractivity contribution in [1.29, 1.82) is 0 Å². The summed E-state index contributed by atoms with van der Waals surface area (Å²) in [6.07, 6.45) is 5.06. The van der Waals surface area contributed by atoms with E-state index in [4.69, 9.17) is 0 Å². The summed E-state index contributed by atoms with van der Waals surface area (Å²) in [7, 11) is -4.43. The quantitative estimate of drug-likeness (QED) is 0.579. The fraction of sp³-hybridized carbons (Fsp3) is 0.500. The van der Waals surface area contributed by atoms with Crippen molar-refractivity contribution in [3.8, 4) is 0 Å². The maximum atomic E-state index is 14.3. The van der Waals surface area contributed by atoms with Gasteiger partial charge in [0.05, 0.1) is 5.60 Å². The Morgan fingerprint density at radius 3 is 2.61 bits per heavy atom. The van der Waals surface area contributed by atoms with Crippen LogP contribution in [0, 0.1) is 11.7 Å². The van der Waals surface area contributed by atoms with Gasteiger partial charge in [-0.3, -0.25) is 0 Å². The molecule has 0 radical (unpaired) electrons. The van der Waals surface area contributed by atoms with Gasteiger partial charge in [0.2, 0.25) is 0 Å². The molecule has 1 saturated carbocycles. The molecule has 1 aromatic carbocycles. The zero-order valence-electron chi connectivity index (χ0n) is 17.8. The topological polar surface area (TPSA) is 95.5 Å². The molecular formula is C22H27FN2O4S2. The monoisotopic (exact) mass is 466 g/mol. The number of benzene rings is 1. The van der Waals surface area contributed by atoms with Gasteiger partial charge in [-0.15, -0.1) is 11.3 Å². The molecule has 2 amide bonds. The van der Waals surface area contributed by atoms with Gasteiger partial charge in [0.25, 0.3) is 10.0 Å². The highest BCUT2D eigenvalue weighted by atomic mass is 32.2. The van der Waals surface area contributed by atoms with Crippen molar-refractivity contribution in [2.24, 2.45) is 5.92 Å². The lowest BCUT2D eigenvalue weighted by molar-refractivity contribution is 0.0823. The number of hydrogen-bond donors (Lipinski definition) is 3. The summed E-state index contributed by atoms with van der Waals surface area (Å²) in [5.74, 6) is -0.153. The highest BCUT2D eigenvalue weighted by Crippen LogP contribution is 2.46. The van der Waals surface area contributed by atoms with Gasteiger partial charge in [-0.25, -0.2) is 22.3 Å². The van der Waals surface area contributed by atoms with Crippen LogP contribution in [0.3, 0.4) is 0 Å². The molecule has 0 saturated heterocycles. The van der Waals surface area contributed by atoms with Crippen LogP contribution in [0.2, 0.25) is 0 Å². The van der Waals surface area contributed by atoms with Crippen LogP contribution in [0.5, 0.6) is 0 Å². The van der Waals surface area contributed by atoms with Crippen LogP contribution in [-0.2, 0) is 28.5 Å². The van der Waals surface area contributed by atoms with E-state index >= 15 is 0 Å². The van der Waals surface area contributed by atoms with Crippen LogP contribution < -0.4 is 10.0 Å². The first-order valence-corrected chi connectivity index (χ1v) is 12.8. The highest BCUT2D eigenvalue weighted by Gasteiger charge is 2.33. The van der Waals surface area contributed by atoms with E-state index in [2.05, 4.69) is 18.3 Å². The molecule has 9 heteroatoms. The third-order valence-electron chi connectivity index (χ3n) is 6.10. The number of amides is 2. The van der Waals surface area contributed by atoms with Crippen molar-refractivity contribution < 1.29 is 22.7 Å². The summed E-state index contributed by atoms with van der Waals surface area (Å²) < 4.78 is 41.0. The van der Waals surface area contributed by atoms with E-state index in [9.17, 15) is 22.7 Å². The number of rotatable bonds is 6. The Kier molecular flexibility index (Phi) is 5.64. The van der Waals surface area contributed by atoms with Crippen molar-refractivity contribution in [2.45, 2.75) is 68.6 Å². The lowest BCUT2D eigenvalue weighted by atomic mass is 9.91. The smallest absolute Gasteiger partial charge is 0.333 e. The lowest BCUT2D eigenvalue weighted by Crippen LogP contribution is -2.35. The molecule has 1 heterocycles. The number of halogens is 1. The summed E-state index contributed by atoms with van der Waals surface area (Å²) in [6.45, 7) is 5.01. The molecule has 0 bridgehead atoms. The Morgan fingerprint density at radius 2 is 2.00 bits per heavy atom. The van der Waals surface area contributed by atoms with Crippen LogP contribution in [-0.4, -0.2) is 19.6 Å². The van der Waals surface area contributed by atoms with Gasteiger partial charge in [-0.05, 0) is 80.5 Å². The molecule has 1 atom stereocenters. The second-order valence-corrected chi connectivity index (χ2v) is 11.9. The molecule has 1 unspecified atom stereocenters. The molecule has 1 fully saturated rings. The molecule has 2 aliphatic rings. The number of aryl methyl sites for hydroxylation is 1. The van der Waals surface area contributed by atoms with Crippen molar-refractivity contribution in [3.05, 3.63) is 45.6 Å². The van der Waals surface area contributed by atoms with Crippen LogP contribution in [0.4, 0.5) is 14.9 Å². The summed E-state index contributed by atoms with van der Waals surface area (Å²) >= 11 is 0.607. The minimum absolute atomic E-state index is 0.159. The van der Waals surface area contributed by atoms with Gasteiger partial charge in [0.15, 0.2) is 10.0 Å². The third kappa shape index (κ3) is 4.49. The Labute approximate surface area is 185 Å². The van der Waals surface area contributed by atoms with E-state index in [1.165, 1.54) is 19.4 Å². The lowest BCUT2D eigenvalue weighted by Gasteiger charge is -2.20. The average molecular weight is 467 g/mol. The van der Waals surface area contributed by atoms with Crippen molar-refractivity contribution >= 4 is 33.1 Å². The Hall–Kier alpha value is -1.97. The van der Waals surface area contributed by atoms with Gasteiger partial charge in [0, 0.05) is 10.6 Å². The van der Waals surface area contributed by atoms with Gasteiger partial charge in [0.1, 0.15) is 0 Å². The Balaban J connectivity index is 1.59. The van der Waals surface area contributed by atoms with E-state index in [0.29, 0.717) is 22.9 Å². The molecule has 6 nitrogen and oxygen atoms in total. The number of fused-ring (bicyclic) bond motifs is 1. The summed E-state index contributed by atoms with van der Waals surface area (Å²) in [5.41, 5.74) is 2.54. The predicted octanol–water partition coefficient (Wildman–Crippen LogP) is 4.63. The van der Waals surface area contributed by atoms with E-state index in [-0.39, 0.29) is 10.8 Å². The largest absolute Gasteiger partial charge is 0.385 e. The maximum absolute atomic E-state index is 14.3. The van der Waals surface area contributed by atoms with Crippen molar-refractivity contribution in [3.63, 3.8) is 0 Å². The highest BCUT2D eigenvalue weighted by molar-refractivity contribution is 7.92. The van der Waals surface area contributed by atoms with Crippen molar-refractivity contribution in [2.75, 3.05) is 5.32 Å². The number of carbonyl (C=O) groups excluding carboxylic acids is 1. The molecule has 1 aromatic heterocycles. The normalized spacial score (nSPS) is 17.3. The Morgan fingerprint density at radius 1 is 1.29 bits per heavy atom. The zero-order chi connectivity index (χ0) is 22.6. The fourth-order valence-electron chi connectivity index (χ4n) is 4.21. The van der Waals surface area contributed by atoms with Gasteiger partial charge in [-0.1, -0.05) is 19.1 Å². The minimum atomic E-state index is -4.43. The number of urea groups is 1. The predicted molar refractivity (Wildman–Crippen MR) is 118 cm³/mol.